The molecule has 0 saturated heterocycles. The summed E-state index contributed by atoms with van der Waals surface area (Å²) in [6.07, 6.45) is -0.228. The van der Waals surface area contributed by atoms with Gasteiger partial charge >= 0.3 is 0 Å². The molecule has 0 atom stereocenters. The number of carbonyl (C=O) groups excluding carboxylic acids is 2. The Morgan fingerprint density at radius 3 is 2.47 bits per heavy atom. The standard InChI is InChI=1S/C14H17N3O2/c1-3-17(4-2)14(19)11-7-5-6-8-12(11)16-13(18)9-10-15/h5-8H,3-4,9H2,1-2H3,(H,16,18). The quantitative estimate of drug-likeness (QED) is 0.879. The molecule has 0 aromatic heterocycles. The summed E-state index contributed by atoms with van der Waals surface area (Å²) >= 11 is 0. The maximum atomic E-state index is 12.3. The molecule has 0 aliphatic rings. The second-order valence-electron chi connectivity index (χ2n) is 3.91. The molecule has 5 nitrogen and oxygen atoms in total. The maximum Gasteiger partial charge on any atom is 0.255 e. The highest BCUT2D eigenvalue weighted by Gasteiger charge is 2.17. The van der Waals surface area contributed by atoms with Gasteiger partial charge in [-0.25, -0.2) is 0 Å². The van der Waals surface area contributed by atoms with Gasteiger partial charge in [0.15, 0.2) is 0 Å². The molecule has 0 spiro atoms. The van der Waals surface area contributed by atoms with Crippen LogP contribution in [0.25, 0.3) is 0 Å². The number of amides is 2. The number of nitrogens with one attached hydrogen (secondary N) is 1. The summed E-state index contributed by atoms with van der Waals surface area (Å²) in [5, 5.41) is 11.1. The van der Waals surface area contributed by atoms with Crippen molar-refractivity contribution in [2.45, 2.75) is 20.3 Å². The minimum Gasteiger partial charge on any atom is -0.339 e. The topological polar surface area (TPSA) is 73.2 Å². The summed E-state index contributed by atoms with van der Waals surface area (Å²) in [4.78, 5) is 25.4. The van der Waals surface area contributed by atoms with Crippen LogP contribution in [0.5, 0.6) is 0 Å². The van der Waals surface area contributed by atoms with Crippen LogP contribution in [0.3, 0.4) is 0 Å². The lowest BCUT2D eigenvalue weighted by Gasteiger charge is -2.20. The molecule has 0 saturated carbocycles. The molecule has 1 N–H and O–H groups in total. The van der Waals surface area contributed by atoms with Gasteiger partial charge in [-0.1, -0.05) is 12.1 Å². The van der Waals surface area contributed by atoms with Crippen LogP contribution in [-0.4, -0.2) is 29.8 Å². The molecule has 0 unspecified atom stereocenters. The Morgan fingerprint density at radius 2 is 1.89 bits per heavy atom. The SMILES string of the molecule is CCN(CC)C(=O)c1ccccc1NC(=O)CC#N. The van der Waals surface area contributed by atoms with E-state index in [1.165, 1.54) is 0 Å². The summed E-state index contributed by atoms with van der Waals surface area (Å²) in [6, 6.07) is 8.59. The molecule has 1 aromatic carbocycles. The van der Waals surface area contributed by atoms with Crippen LogP contribution in [0, 0.1) is 11.3 Å². The third kappa shape index (κ3) is 3.81. The van der Waals surface area contributed by atoms with E-state index in [-0.39, 0.29) is 12.3 Å². The van der Waals surface area contributed by atoms with Crippen LogP contribution in [-0.2, 0) is 4.79 Å². The van der Waals surface area contributed by atoms with Gasteiger partial charge in [-0.15, -0.1) is 0 Å². The van der Waals surface area contributed by atoms with E-state index in [0.717, 1.165) is 0 Å². The third-order valence-electron chi connectivity index (χ3n) is 2.72. The molecule has 0 aliphatic heterocycles. The van der Waals surface area contributed by atoms with Crippen molar-refractivity contribution in [1.82, 2.24) is 4.90 Å². The van der Waals surface area contributed by atoms with Crippen molar-refractivity contribution in [2.75, 3.05) is 18.4 Å². The molecule has 2 amide bonds. The number of benzene rings is 1. The first-order valence-electron chi connectivity index (χ1n) is 6.19. The molecule has 0 aliphatic carbocycles. The smallest absolute Gasteiger partial charge is 0.255 e. The van der Waals surface area contributed by atoms with Crippen molar-refractivity contribution >= 4 is 17.5 Å². The molecule has 0 fully saturated rings. The predicted molar refractivity (Wildman–Crippen MR) is 72.6 cm³/mol. The molecule has 1 aromatic rings. The van der Waals surface area contributed by atoms with E-state index in [1.807, 2.05) is 13.8 Å². The first kappa shape index (κ1) is 14.7. The first-order chi connectivity index (χ1) is 9.13. The van der Waals surface area contributed by atoms with Crippen LogP contribution in [0.2, 0.25) is 0 Å². The Labute approximate surface area is 112 Å². The van der Waals surface area contributed by atoms with E-state index in [2.05, 4.69) is 5.32 Å². The van der Waals surface area contributed by atoms with E-state index >= 15 is 0 Å². The average molecular weight is 259 g/mol. The summed E-state index contributed by atoms with van der Waals surface area (Å²) in [5.74, 6) is -0.542. The van der Waals surface area contributed by atoms with E-state index in [0.29, 0.717) is 24.3 Å². The zero-order valence-electron chi connectivity index (χ0n) is 11.1. The lowest BCUT2D eigenvalue weighted by molar-refractivity contribution is -0.115. The normalized spacial score (nSPS) is 9.53. The Bertz CT molecular complexity index is 502. The van der Waals surface area contributed by atoms with Gasteiger partial charge in [-0.05, 0) is 26.0 Å². The van der Waals surface area contributed by atoms with Crippen LogP contribution in [0.15, 0.2) is 24.3 Å². The maximum absolute atomic E-state index is 12.3. The third-order valence-corrected chi connectivity index (χ3v) is 2.72. The van der Waals surface area contributed by atoms with Gasteiger partial charge in [0.05, 0.1) is 17.3 Å². The highest BCUT2D eigenvalue weighted by Crippen LogP contribution is 2.17. The summed E-state index contributed by atoms with van der Waals surface area (Å²) < 4.78 is 0. The molecule has 100 valence electrons. The van der Waals surface area contributed by atoms with E-state index in [9.17, 15) is 9.59 Å². The number of nitrogens with zero attached hydrogens (tertiary/aromatic N) is 2. The fraction of sp³-hybridized carbons (Fsp3) is 0.357. The Balaban J connectivity index is 2.99. The van der Waals surface area contributed by atoms with Crippen molar-refractivity contribution in [2.24, 2.45) is 0 Å². The van der Waals surface area contributed by atoms with Crippen molar-refractivity contribution in [3.8, 4) is 6.07 Å². The number of para-hydroxylation sites is 1. The van der Waals surface area contributed by atoms with Gasteiger partial charge in [0.2, 0.25) is 5.91 Å². The highest BCUT2D eigenvalue weighted by atomic mass is 16.2. The number of hydrogen-bond donors (Lipinski definition) is 1. The van der Waals surface area contributed by atoms with Gasteiger partial charge < -0.3 is 10.2 Å². The number of rotatable bonds is 5. The second-order valence-corrected chi connectivity index (χ2v) is 3.91. The summed E-state index contributed by atoms with van der Waals surface area (Å²) in [6.45, 7) is 5.02. The van der Waals surface area contributed by atoms with Crippen molar-refractivity contribution < 1.29 is 9.59 Å². The summed E-state index contributed by atoms with van der Waals surface area (Å²) in [7, 11) is 0. The number of hydrogen-bond acceptors (Lipinski definition) is 3. The first-order valence-corrected chi connectivity index (χ1v) is 6.19. The van der Waals surface area contributed by atoms with Crippen molar-refractivity contribution in [3.63, 3.8) is 0 Å². The molecule has 1 rings (SSSR count). The van der Waals surface area contributed by atoms with Gasteiger partial charge in [0, 0.05) is 13.1 Å². The van der Waals surface area contributed by atoms with Gasteiger partial charge in [0.1, 0.15) is 6.42 Å². The second kappa shape index (κ2) is 7.17. The Hall–Kier alpha value is -2.35. The minimum absolute atomic E-state index is 0.127. The highest BCUT2D eigenvalue weighted by molar-refractivity contribution is 6.04. The molecule has 0 bridgehead atoms. The summed E-state index contributed by atoms with van der Waals surface area (Å²) in [5.41, 5.74) is 0.886. The molecule has 19 heavy (non-hydrogen) atoms. The lowest BCUT2D eigenvalue weighted by atomic mass is 10.1. The van der Waals surface area contributed by atoms with E-state index in [4.69, 9.17) is 5.26 Å². The Morgan fingerprint density at radius 1 is 1.26 bits per heavy atom. The van der Waals surface area contributed by atoms with Crippen LogP contribution < -0.4 is 5.32 Å². The zero-order chi connectivity index (χ0) is 14.3. The number of carbonyl (C=O) groups is 2. The van der Waals surface area contributed by atoms with Crippen LogP contribution in [0.4, 0.5) is 5.69 Å². The molecular weight excluding hydrogens is 242 g/mol. The van der Waals surface area contributed by atoms with Gasteiger partial charge in [-0.3, -0.25) is 9.59 Å². The molecule has 0 heterocycles. The fourth-order valence-corrected chi connectivity index (χ4v) is 1.73. The van der Waals surface area contributed by atoms with Crippen LogP contribution in [0.1, 0.15) is 30.6 Å². The zero-order valence-corrected chi connectivity index (χ0v) is 11.1. The van der Waals surface area contributed by atoms with E-state index in [1.54, 1.807) is 35.2 Å². The largest absolute Gasteiger partial charge is 0.339 e. The van der Waals surface area contributed by atoms with Gasteiger partial charge in [-0.2, -0.15) is 5.26 Å². The monoisotopic (exact) mass is 259 g/mol. The molecule has 0 radical (unpaired) electrons. The fourth-order valence-electron chi connectivity index (χ4n) is 1.73. The number of nitriles is 1. The van der Waals surface area contributed by atoms with E-state index < -0.39 is 5.91 Å². The molecule has 5 heteroatoms. The van der Waals surface area contributed by atoms with Gasteiger partial charge in [0.25, 0.3) is 5.91 Å². The number of anilines is 1. The predicted octanol–water partition coefficient (Wildman–Crippen LogP) is 2.02. The van der Waals surface area contributed by atoms with Crippen LogP contribution >= 0.6 is 0 Å². The van der Waals surface area contributed by atoms with Crippen molar-refractivity contribution in [3.05, 3.63) is 29.8 Å². The Kier molecular flexibility index (Phi) is 5.55. The van der Waals surface area contributed by atoms with Crippen molar-refractivity contribution in [1.29, 1.82) is 5.26 Å². The molecular formula is C14H17N3O2. The average Bonchev–Trinajstić information content (AvgIpc) is 2.40. The minimum atomic E-state index is -0.415. The lowest BCUT2D eigenvalue weighted by Crippen LogP contribution is -2.31.